The first-order valence-corrected chi connectivity index (χ1v) is 8.86. The van der Waals surface area contributed by atoms with Gasteiger partial charge >= 0.3 is 0 Å². The normalized spacial score (nSPS) is 12.1. The molecule has 3 aromatic rings. The van der Waals surface area contributed by atoms with Crippen LogP contribution in [0.4, 0.5) is 0 Å². The van der Waals surface area contributed by atoms with Crippen molar-refractivity contribution in [2.24, 2.45) is 0 Å². The molecule has 0 amide bonds. The summed E-state index contributed by atoms with van der Waals surface area (Å²) in [4.78, 5) is 0.774. The molecule has 1 N–H and O–H groups in total. The first kappa shape index (κ1) is 15.8. The Morgan fingerprint density at radius 3 is 2.65 bits per heavy atom. The number of hydrogen-bond donors (Lipinski definition) is 1. The van der Waals surface area contributed by atoms with Crippen LogP contribution in [0.15, 0.2) is 53.4 Å². The zero-order valence-electron chi connectivity index (χ0n) is 12.7. The summed E-state index contributed by atoms with van der Waals surface area (Å²) in [6.45, 7) is 0. The van der Waals surface area contributed by atoms with Crippen molar-refractivity contribution in [1.82, 2.24) is 10.2 Å². The molecular formula is C17H15ClN2O2S. The van der Waals surface area contributed by atoms with Crippen LogP contribution in [0.3, 0.4) is 0 Å². The van der Waals surface area contributed by atoms with Gasteiger partial charge in [0.2, 0.25) is 0 Å². The largest absolute Gasteiger partial charge is 0.495 e. The van der Waals surface area contributed by atoms with Gasteiger partial charge in [-0.2, -0.15) is 5.10 Å². The standard InChI is InChI=1S/C17H15ClN2O2S/c1-22-16-8-7-11(9-13(16)18)14-10-15(20-19-14)12-5-3-4-6-17(12)23(2)21/h3-10H,1-2H3,(H,19,20). The van der Waals surface area contributed by atoms with E-state index in [2.05, 4.69) is 10.2 Å². The molecule has 6 heteroatoms. The number of methoxy groups -OCH3 is 1. The van der Waals surface area contributed by atoms with Crippen molar-refractivity contribution in [3.63, 3.8) is 0 Å². The van der Waals surface area contributed by atoms with Gasteiger partial charge in [0, 0.05) is 22.3 Å². The van der Waals surface area contributed by atoms with E-state index in [4.69, 9.17) is 16.3 Å². The van der Waals surface area contributed by atoms with Crippen LogP contribution in [0.1, 0.15) is 0 Å². The number of rotatable bonds is 4. The molecule has 118 valence electrons. The lowest BCUT2D eigenvalue weighted by atomic mass is 10.1. The van der Waals surface area contributed by atoms with Gasteiger partial charge in [0.15, 0.2) is 0 Å². The van der Waals surface area contributed by atoms with Crippen LogP contribution in [0.25, 0.3) is 22.5 Å². The Labute approximate surface area is 141 Å². The summed E-state index contributed by atoms with van der Waals surface area (Å²) >= 11 is 6.17. The topological polar surface area (TPSA) is 55.0 Å². The van der Waals surface area contributed by atoms with Gasteiger partial charge in [-0.05, 0) is 30.3 Å². The highest BCUT2D eigenvalue weighted by atomic mass is 35.5. The predicted octanol–water partition coefficient (Wildman–Crippen LogP) is 4.14. The first-order valence-electron chi connectivity index (χ1n) is 6.92. The molecule has 1 heterocycles. The monoisotopic (exact) mass is 346 g/mol. The van der Waals surface area contributed by atoms with Gasteiger partial charge < -0.3 is 4.74 Å². The number of ether oxygens (including phenoxy) is 1. The molecule has 0 saturated heterocycles. The fraction of sp³-hybridized carbons (Fsp3) is 0.118. The molecule has 0 spiro atoms. The zero-order valence-corrected chi connectivity index (χ0v) is 14.2. The third-order valence-corrected chi connectivity index (χ3v) is 4.78. The van der Waals surface area contributed by atoms with Gasteiger partial charge in [-0.3, -0.25) is 9.31 Å². The maximum absolute atomic E-state index is 11.9. The molecule has 0 aliphatic carbocycles. The summed E-state index contributed by atoms with van der Waals surface area (Å²) < 4.78 is 17.0. The molecule has 1 unspecified atom stereocenters. The molecule has 0 saturated carbocycles. The number of aromatic nitrogens is 2. The highest BCUT2D eigenvalue weighted by molar-refractivity contribution is 7.84. The van der Waals surface area contributed by atoms with Crippen LogP contribution >= 0.6 is 11.6 Å². The second kappa shape index (κ2) is 6.56. The molecule has 3 rings (SSSR count). The van der Waals surface area contributed by atoms with E-state index in [1.165, 1.54) is 0 Å². The van der Waals surface area contributed by atoms with Crippen LogP contribution in [-0.2, 0) is 10.8 Å². The van der Waals surface area contributed by atoms with Crippen molar-refractivity contribution in [1.29, 1.82) is 0 Å². The summed E-state index contributed by atoms with van der Waals surface area (Å²) in [5.41, 5.74) is 3.35. The number of halogens is 1. The Bertz CT molecular complexity index is 877. The Balaban J connectivity index is 2.01. The minimum Gasteiger partial charge on any atom is -0.495 e. The quantitative estimate of drug-likeness (QED) is 0.772. The summed E-state index contributed by atoms with van der Waals surface area (Å²) in [7, 11) is 0.509. The molecule has 0 aliphatic rings. The minimum absolute atomic E-state index is 0.532. The van der Waals surface area contributed by atoms with Crippen LogP contribution in [0, 0.1) is 0 Å². The predicted molar refractivity (Wildman–Crippen MR) is 93.4 cm³/mol. The SMILES string of the molecule is COc1ccc(-c2cc(-c3ccccc3S(C)=O)[nH]n2)cc1Cl. The van der Waals surface area contributed by atoms with E-state index in [-0.39, 0.29) is 0 Å². The molecule has 0 fully saturated rings. The van der Waals surface area contributed by atoms with Crippen LogP contribution in [0.2, 0.25) is 5.02 Å². The minimum atomic E-state index is -1.07. The van der Waals surface area contributed by atoms with Crippen molar-refractivity contribution < 1.29 is 8.95 Å². The first-order chi connectivity index (χ1) is 11.1. The van der Waals surface area contributed by atoms with E-state index < -0.39 is 10.8 Å². The Morgan fingerprint density at radius 1 is 1.17 bits per heavy atom. The zero-order chi connectivity index (χ0) is 16.4. The van der Waals surface area contributed by atoms with Crippen LogP contribution in [0.5, 0.6) is 5.75 Å². The summed E-state index contributed by atoms with van der Waals surface area (Å²) in [5.74, 6) is 0.623. The third kappa shape index (κ3) is 3.16. The number of H-pyrrole nitrogens is 1. The number of nitrogens with zero attached hydrogens (tertiary/aromatic N) is 1. The van der Waals surface area contributed by atoms with Gasteiger partial charge in [-0.25, -0.2) is 0 Å². The van der Waals surface area contributed by atoms with Crippen molar-refractivity contribution in [2.45, 2.75) is 4.90 Å². The molecular weight excluding hydrogens is 332 g/mol. The smallest absolute Gasteiger partial charge is 0.137 e. The Hall–Kier alpha value is -2.11. The lowest BCUT2D eigenvalue weighted by Gasteiger charge is -2.04. The maximum atomic E-state index is 11.9. The molecule has 2 aromatic carbocycles. The van der Waals surface area contributed by atoms with E-state index in [0.717, 1.165) is 27.4 Å². The second-order valence-corrected chi connectivity index (χ2v) is 6.72. The fourth-order valence-corrected chi connectivity index (χ4v) is 3.39. The average molecular weight is 347 g/mol. The molecule has 0 aliphatic heterocycles. The van der Waals surface area contributed by atoms with Gasteiger partial charge in [0.1, 0.15) is 5.75 Å². The Kier molecular flexibility index (Phi) is 4.50. The molecule has 23 heavy (non-hydrogen) atoms. The lowest BCUT2D eigenvalue weighted by Crippen LogP contribution is -1.91. The van der Waals surface area contributed by atoms with Crippen molar-refractivity contribution >= 4 is 22.4 Å². The Morgan fingerprint density at radius 2 is 1.96 bits per heavy atom. The highest BCUT2D eigenvalue weighted by Gasteiger charge is 2.12. The van der Waals surface area contributed by atoms with E-state index in [9.17, 15) is 4.21 Å². The summed E-state index contributed by atoms with van der Waals surface area (Å²) in [6.07, 6.45) is 1.67. The molecule has 4 nitrogen and oxygen atoms in total. The van der Waals surface area contributed by atoms with E-state index >= 15 is 0 Å². The van der Waals surface area contributed by atoms with Gasteiger partial charge in [-0.15, -0.1) is 0 Å². The molecule has 1 atom stereocenters. The third-order valence-electron chi connectivity index (χ3n) is 3.51. The second-order valence-electron chi connectivity index (χ2n) is 4.97. The van der Waals surface area contributed by atoms with Gasteiger partial charge in [0.05, 0.1) is 34.3 Å². The number of hydrogen-bond acceptors (Lipinski definition) is 3. The molecule has 0 radical (unpaired) electrons. The van der Waals surface area contributed by atoms with Gasteiger partial charge in [0.25, 0.3) is 0 Å². The number of aromatic amines is 1. The van der Waals surface area contributed by atoms with Crippen molar-refractivity contribution in [3.8, 4) is 28.3 Å². The van der Waals surface area contributed by atoms with Crippen molar-refractivity contribution in [2.75, 3.05) is 13.4 Å². The lowest BCUT2D eigenvalue weighted by molar-refractivity contribution is 0.415. The van der Waals surface area contributed by atoms with Gasteiger partial charge in [-0.1, -0.05) is 29.8 Å². The van der Waals surface area contributed by atoms with Crippen molar-refractivity contribution in [3.05, 3.63) is 53.6 Å². The fourth-order valence-electron chi connectivity index (χ4n) is 2.37. The molecule has 0 bridgehead atoms. The average Bonchev–Trinajstić information content (AvgIpc) is 3.04. The summed E-state index contributed by atoms with van der Waals surface area (Å²) in [5, 5.41) is 7.87. The van der Waals surface area contributed by atoms with E-state index in [1.807, 2.05) is 42.5 Å². The van der Waals surface area contributed by atoms with Crippen LogP contribution in [-0.4, -0.2) is 27.8 Å². The van der Waals surface area contributed by atoms with E-state index in [0.29, 0.717) is 10.8 Å². The molecule has 1 aromatic heterocycles. The highest BCUT2D eigenvalue weighted by Crippen LogP contribution is 2.32. The summed E-state index contributed by atoms with van der Waals surface area (Å²) in [6, 6.07) is 15.0. The number of nitrogens with one attached hydrogen (secondary N) is 1. The van der Waals surface area contributed by atoms with E-state index in [1.54, 1.807) is 19.4 Å². The number of benzene rings is 2. The van der Waals surface area contributed by atoms with Crippen LogP contribution < -0.4 is 4.74 Å². The maximum Gasteiger partial charge on any atom is 0.137 e.